The lowest BCUT2D eigenvalue weighted by atomic mass is 9.68. The number of fused-ring (bicyclic) bond motifs is 10. The molecule has 0 saturated carbocycles. The molecular weight excluding hydrogens is 589 g/mol. The van der Waals surface area contributed by atoms with Crippen molar-refractivity contribution in [1.82, 2.24) is 0 Å². The Hall–Kier alpha value is -3.12. The summed E-state index contributed by atoms with van der Waals surface area (Å²) < 4.78 is 0. The lowest BCUT2D eigenvalue weighted by Gasteiger charge is -2.33. The van der Waals surface area contributed by atoms with Gasteiger partial charge >= 0.3 is 0 Å². The van der Waals surface area contributed by atoms with Crippen LogP contribution in [-0.2, 0) is 22.7 Å². The highest BCUT2D eigenvalue weighted by molar-refractivity contribution is 5.96. The predicted octanol–water partition coefficient (Wildman–Crippen LogP) is 14.5. The Bertz CT molecular complexity index is 1680. The van der Waals surface area contributed by atoms with Crippen LogP contribution in [0.25, 0.3) is 22.3 Å². The van der Waals surface area contributed by atoms with Gasteiger partial charge in [0, 0.05) is 0 Å². The molecule has 0 heterocycles. The standard InChI is InChI=1S/C49H64/c1-9-12-14-16-22-35(23-17-15-13-10-2)28-29-36-32-38(48(7,8)11-3)34-45-46(36)41-31-30-37(47(4,5)6)33-44(41)49(45)42-26-20-18-24-39(42)40-25-19-21-27-43(40)49/h18-21,24-27,30-35H,9-17,22-23,28-29H2,1-8H3. The summed E-state index contributed by atoms with van der Waals surface area (Å²) in [5, 5.41) is 0. The highest BCUT2D eigenvalue weighted by Gasteiger charge is 2.52. The van der Waals surface area contributed by atoms with Crippen molar-refractivity contribution in [2.45, 2.75) is 155 Å². The highest BCUT2D eigenvalue weighted by atomic mass is 14.5. The number of benzene rings is 4. The minimum absolute atomic E-state index is 0.0730. The second-order valence-corrected chi connectivity index (χ2v) is 17.3. The van der Waals surface area contributed by atoms with E-state index in [-0.39, 0.29) is 16.2 Å². The smallest absolute Gasteiger partial charge is 0.0654 e. The Morgan fingerprint density at radius 2 is 1.10 bits per heavy atom. The largest absolute Gasteiger partial charge is 0.0725 e. The maximum Gasteiger partial charge on any atom is 0.0725 e. The molecule has 0 amide bonds. The zero-order valence-corrected chi connectivity index (χ0v) is 32.3. The summed E-state index contributed by atoms with van der Waals surface area (Å²) >= 11 is 0. The van der Waals surface area contributed by atoms with Crippen LogP contribution in [0.5, 0.6) is 0 Å². The van der Waals surface area contributed by atoms with E-state index in [2.05, 4.69) is 134 Å². The van der Waals surface area contributed by atoms with Gasteiger partial charge in [0.1, 0.15) is 0 Å². The van der Waals surface area contributed by atoms with Crippen LogP contribution in [0, 0.1) is 5.92 Å². The third-order valence-corrected chi connectivity index (χ3v) is 12.6. The number of aryl methyl sites for hydroxylation is 1. The number of rotatable bonds is 15. The van der Waals surface area contributed by atoms with Crippen molar-refractivity contribution in [3.63, 3.8) is 0 Å². The summed E-state index contributed by atoms with van der Waals surface area (Å²) in [5.41, 5.74) is 16.2. The van der Waals surface area contributed by atoms with Crippen LogP contribution in [0.15, 0.2) is 78.9 Å². The minimum atomic E-state index is -0.298. The molecule has 0 radical (unpaired) electrons. The molecule has 0 aromatic heterocycles. The van der Waals surface area contributed by atoms with Gasteiger partial charge in [0.2, 0.25) is 0 Å². The molecule has 49 heavy (non-hydrogen) atoms. The van der Waals surface area contributed by atoms with E-state index < -0.39 is 0 Å². The fourth-order valence-electron chi connectivity index (χ4n) is 9.12. The molecule has 260 valence electrons. The molecule has 0 atom stereocenters. The van der Waals surface area contributed by atoms with E-state index in [1.807, 2.05) is 0 Å². The van der Waals surface area contributed by atoms with Crippen molar-refractivity contribution in [1.29, 1.82) is 0 Å². The molecule has 0 saturated heterocycles. The van der Waals surface area contributed by atoms with Crippen molar-refractivity contribution < 1.29 is 0 Å². The quantitative estimate of drug-likeness (QED) is 0.0968. The van der Waals surface area contributed by atoms with Crippen LogP contribution >= 0.6 is 0 Å². The predicted molar refractivity (Wildman–Crippen MR) is 214 cm³/mol. The van der Waals surface area contributed by atoms with Crippen molar-refractivity contribution in [3.8, 4) is 22.3 Å². The van der Waals surface area contributed by atoms with Crippen LogP contribution in [0.2, 0.25) is 0 Å². The molecule has 2 aliphatic carbocycles. The van der Waals surface area contributed by atoms with Crippen molar-refractivity contribution in [2.24, 2.45) is 5.92 Å². The third-order valence-electron chi connectivity index (χ3n) is 12.6. The maximum atomic E-state index is 2.66. The van der Waals surface area contributed by atoms with Gasteiger partial charge in [0.15, 0.2) is 0 Å². The van der Waals surface area contributed by atoms with E-state index in [9.17, 15) is 0 Å². The van der Waals surface area contributed by atoms with Gasteiger partial charge in [0.05, 0.1) is 5.41 Å². The number of hydrogen-bond acceptors (Lipinski definition) is 0. The average Bonchev–Trinajstić information content (AvgIpc) is 3.57. The first-order valence-corrected chi connectivity index (χ1v) is 20.1. The van der Waals surface area contributed by atoms with Gasteiger partial charge < -0.3 is 0 Å². The number of unbranched alkanes of at least 4 members (excludes halogenated alkanes) is 6. The Labute approximate surface area is 300 Å². The third kappa shape index (κ3) is 6.59. The van der Waals surface area contributed by atoms with Crippen LogP contribution in [-0.4, -0.2) is 0 Å². The van der Waals surface area contributed by atoms with Crippen LogP contribution in [0.1, 0.15) is 171 Å². The van der Waals surface area contributed by atoms with Gasteiger partial charge in [0.25, 0.3) is 0 Å². The van der Waals surface area contributed by atoms with Crippen molar-refractivity contribution >= 4 is 0 Å². The summed E-state index contributed by atoms with van der Waals surface area (Å²) in [5.74, 6) is 0.818. The highest BCUT2D eigenvalue weighted by Crippen LogP contribution is 2.64. The second-order valence-electron chi connectivity index (χ2n) is 17.3. The van der Waals surface area contributed by atoms with Gasteiger partial charge in [-0.1, -0.05) is 198 Å². The van der Waals surface area contributed by atoms with Crippen molar-refractivity contribution in [3.05, 3.63) is 118 Å². The molecular formula is C49H64. The molecule has 0 aliphatic heterocycles. The molecule has 1 spiro atoms. The van der Waals surface area contributed by atoms with E-state index in [1.54, 1.807) is 5.56 Å². The Morgan fingerprint density at radius 3 is 1.65 bits per heavy atom. The first-order valence-electron chi connectivity index (χ1n) is 20.1. The van der Waals surface area contributed by atoms with Crippen LogP contribution in [0.3, 0.4) is 0 Å². The Morgan fingerprint density at radius 1 is 0.531 bits per heavy atom. The van der Waals surface area contributed by atoms with Crippen LogP contribution < -0.4 is 0 Å². The molecule has 6 rings (SSSR count). The van der Waals surface area contributed by atoms with E-state index in [0.29, 0.717) is 0 Å². The summed E-state index contributed by atoms with van der Waals surface area (Å²) in [4.78, 5) is 0. The summed E-state index contributed by atoms with van der Waals surface area (Å²) in [6.07, 6.45) is 17.3. The SMILES string of the molecule is CCCCCCC(CCCCCC)CCc1cc(C(C)(C)CC)cc2c1-c1ccc(C(C)(C)C)cc1C21c2ccccc2-c2ccccc21. The Kier molecular flexibility index (Phi) is 10.7. The zero-order chi connectivity index (χ0) is 34.8. The van der Waals surface area contributed by atoms with Gasteiger partial charge in [-0.3, -0.25) is 0 Å². The molecule has 0 fully saturated rings. The molecule has 2 aliphatic rings. The van der Waals surface area contributed by atoms with Gasteiger partial charge in [-0.15, -0.1) is 0 Å². The first kappa shape index (κ1) is 35.7. The molecule has 0 heteroatoms. The minimum Gasteiger partial charge on any atom is -0.0654 e. The number of hydrogen-bond donors (Lipinski definition) is 0. The normalized spacial score (nSPS) is 14.3. The zero-order valence-electron chi connectivity index (χ0n) is 32.3. The van der Waals surface area contributed by atoms with Crippen molar-refractivity contribution in [2.75, 3.05) is 0 Å². The molecule has 4 aromatic carbocycles. The molecule has 4 aromatic rings. The molecule has 0 N–H and O–H groups in total. The first-order chi connectivity index (χ1) is 23.6. The maximum absolute atomic E-state index is 2.66. The summed E-state index contributed by atoms with van der Waals surface area (Å²) in [6, 6.07) is 31.5. The summed E-state index contributed by atoms with van der Waals surface area (Å²) in [7, 11) is 0. The molecule has 0 bridgehead atoms. The van der Waals surface area contributed by atoms with E-state index >= 15 is 0 Å². The topological polar surface area (TPSA) is 0 Å². The van der Waals surface area contributed by atoms with Gasteiger partial charge in [-0.05, 0) is 97.2 Å². The lowest BCUT2D eigenvalue weighted by molar-refractivity contribution is 0.383. The Balaban J connectivity index is 1.55. The van der Waals surface area contributed by atoms with Gasteiger partial charge in [-0.2, -0.15) is 0 Å². The van der Waals surface area contributed by atoms with Gasteiger partial charge in [-0.25, -0.2) is 0 Å². The second kappa shape index (κ2) is 14.6. The fourth-order valence-corrected chi connectivity index (χ4v) is 9.12. The van der Waals surface area contributed by atoms with E-state index in [1.165, 1.54) is 133 Å². The molecule has 0 nitrogen and oxygen atoms in total. The summed E-state index contributed by atoms with van der Waals surface area (Å²) in [6.45, 7) is 19.1. The fraction of sp³-hybridized carbons (Fsp3) is 0.510. The lowest BCUT2D eigenvalue weighted by Crippen LogP contribution is -2.27. The van der Waals surface area contributed by atoms with E-state index in [0.717, 1.165) is 12.3 Å². The monoisotopic (exact) mass is 653 g/mol. The average molecular weight is 653 g/mol. The van der Waals surface area contributed by atoms with E-state index in [4.69, 9.17) is 0 Å². The van der Waals surface area contributed by atoms with Crippen LogP contribution in [0.4, 0.5) is 0 Å². The molecule has 0 unspecified atom stereocenters.